The van der Waals surface area contributed by atoms with Crippen LogP contribution < -0.4 is 5.32 Å². The number of H-pyrrole nitrogens is 2. The van der Waals surface area contributed by atoms with E-state index in [-0.39, 0.29) is 5.82 Å². The van der Waals surface area contributed by atoms with Gasteiger partial charge < -0.3 is 15.2 Å². The van der Waals surface area contributed by atoms with Crippen molar-refractivity contribution >= 4 is 21.9 Å². The van der Waals surface area contributed by atoms with Crippen LogP contribution in [-0.4, -0.2) is 67.2 Å². The Bertz CT molecular complexity index is 1940. The largest absolute Gasteiger partial charge is 0.335 e. The van der Waals surface area contributed by atoms with E-state index in [1.165, 1.54) is 25.7 Å². The Morgan fingerprint density at radius 2 is 1.76 bits per heavy atom. The second-order valence-corrected chi connectivity index (χ2v) is 12.5. The first-order valence-corrected chi connectivity index (χ1v) is 15.8. The molecule has 1 aliphatic carbocycles. The van der Waals surface area contributed by atoms with Crippen molar-refractivity contribution in [2.24, 2.45) is 5.92 Å². The van der Waals surface area contributed by atoms with E-state index in [1.807, 2.05) is 38.6 Å². The van der Waals surface area contributed by atoms with E-state index in [1.54, 1.807) is 30.7 Å². The third kappa shape index (κ3) is 6.48. The second kappa shape index (κ2) is 12.8. The SMILES string of the molecule is CN(C)CCCc1cc(F)cc(-c2cncc3[nH]c(-c4n[nH]c5cnc(-c6cncc(CNCC7CCCC7)c6)cc45)nc23)c1. The van der Waals surface area contributed by atoms with Crippen molar-refractivity contribution < 1.29 is 4.39 Å². The fourth-order valence-electron chi connectivity index (χ4n) is 6.42. The standard InChI is InChI=1S/C35H38FN9/c1-45(2)9-5-8-23-10-25(13-27(36)12-23)29-19-39-20-32-33(29)42-35(41-32)34-28-14-30(40-21-31(28)43-44-34)26-11-24(17-38-18-26)16-37-15-22-6-3-4-7-22/h10-14,17-22,37H,3-9,15-16H2,1-2H3,(H,41,42)(H,43,44). The summed E-state index contributed by atoms with van der Waals surface area (Å²) in [7, 11) is 4.09. The molecular weight excluding hydrogens is 565 g/mol. The number of aryl methyl sites for hydroxylation is 1. The molecule has 1 aliphatic rings. The third-order valence-electron chi connectivity index (χ3n) is 8.73. The number of nitrogens with one attached hydrogen (secondary N) is 3. The summed E-state index contributed by atoms with van der Waals surface area (Å²) >= 11 is 0. The van der Waals surface area contributed by atoms with Crippen LogP contribution in [0.4, 0.5) is 4.39 Å². The maximum absolute atomic E-state index is 14.7. The molecule has 45 heavy (non-hydrogen) atoms. The number of hydrogen-bond donors (Lipinski definition) is 3. The lowest BCUT2D eigenvalue weighted by Gasteiger charge is -2.11. The lowest BCUT2D eigenvalue weighted by Crippen LogP contribution is -2.20. The van der Waals surface area contributed by atoms with Crippen molar-refractivity contribution in [1.29, 1.82) is 0 Å². The quantitative estimate of drug-likeness (QED) is 0.154. The minimum atomic E-state index is -0.262. The van der Waals surface area contributed by atoms with Gasteiger partial charge in [-0.05, 0) is 99.7 Å². The van der Waals surface area contributed by atoms with Crippen LogP contribution in [0, 0.1) is 11.7 Å². The molecular formula is C35H38FN9. The van der Waals surface area contributed by atoms with Gasteiger partial charge in [0.15, 0.2) is 5.82 Å². The molecule has 1 aromatic carbocycles. The number of hydrogen-bond acceptors (Lipinski definition) is 7. The number of aromatic amines is 2. The van der Waals surface area contributed by atoms with Crippen molar-refractivity contribution in [3.05, 3.63) is 78.3 Å². The van der Waals surface area contributed by atoms with Crippen LogP contribution in [-0.2, 0) is 13.0 Å². The predicted molar refractivity (Wildman–Crippen MR) is 176 cm³/mol. The molecule has 0 atom stereocenters. The van der Waals surface area contributed by atoms with Crippen LogP contribution in [0.1, 0.15) is 43.2 Å². The highest BCUT2D eigenvalue weighted by Crippen LogP contribution is 2.33. The van der Waals surface area contributed by atoms with E-state index < -0.39 is 0 Å². The number of halogens is 1. The molecule has 6 aromatic rings. The molecule has 1 fully saturated rings. The highest BCUT2D eigenvalue weighted by Gasteiger charge is 2.18. The number of fused-ring (bicyclic) bond motifs is 2. The van der Waals surface area contributed by atoms with Gasteiger partial charge in [0.05, 0.1) is 34.6 Å². The number of aromatic nitrogens is 7. The predicted octanol–water partition coefficient (Wildman–Crippen LogP) is 6.54. The molecule has 5 heterocycles. The van der Waals surface area contributed by atoms with Crippen LogP contribution >= 0.6 is 0 Å². The van der Waals surface area contributed by atoms with Gasteiger partial charge in [0.2, 0.25) is 0 Å². The van der Waals surface area contributed by atoms with Crippen LogP contribution in [0.2, 0.25) is 0 Å². The first-order valence-electron chi connectivity index (χ1n) is 15.8. The smallest absolute Gasteiger partial charge is 0.159 e. The van der Waals surface area contributed by atoms with Crippen LogP contribution in [0.15, 0.2) is 61.3 Å². The molecule has 3 N–H and O–H groups in total. The minimum absolute atomic E-state index is 0.262. The van der Waals surface area contributed by atoms with Gasteiger partial charge in [-0.25, -0.2) is 9.37 Å². The number of imidazole rings is 1. The molecule has 10 heteroatoms. The Balaban J connectivity index is 1.17. The van der Waals surface area contributed by atoms with Gasteiger partial charge in [-0.2, -0.15) is 5.10 Å². The summed E-state index contributed by atoms with van der Waals surface area (Å²) in [4.78, 5) is 24.1. The van der Waals surface area contributed by atoms with E-state index in [4.69, 9.17) is 9.97 Å². The molecule has 5 aromatic heterocycles. The summed E-state index contributed by atoms with van der Waals surface area (Å²) in [5.74, 6) is 1.13. The monoisotopic (exact) mass is 603 g/mol. The van der Waals surface area contributed by atoms with Gasteiger partial charge in [0.1, 0.15) is 11.5 Å². The second-order valence-electron chi connectivity index (χ2n) is 12.5. The lowest BCUT2D eigenvalue weighted by molar-refractivity contribution is 0.400. The average molecular weight is 604 g/mol. The summed E-state index contributed by atoms with van der Waals surface area (Å²) in [5, 5.41) is 12.2. The highest BCUT2D eigenvalue weighted by atomic mass is 19.1. The van der Waals surface area contributed by atoms with Crippen molar-refractivity contribution in [3.8, 4) is 33.9 Å². The molecule has 0 aliphatic heterocycles. The topological polar surface area (TPSA) is 111 Å². The maximum Gasteiger partial charge on any atom is 0.159 e. The first-order chi connectivity index (χ1) is 22.0. The molecule has 230 valence electrons. The average Bonchev–Trinajstić information content (AvgIpc) is 3.80. The molecule has 0 amide bonds. The fourth-order valence-corrected chi connectivity index (χ4v) is 6.42. The van der Waals surface area contributed by atoms with Crippen LogP contribution in [0.3, 0.4) is 0 Å². The Labute approximate surface area is 261 Å². The molecule has 0 bridgehead atoms. The van der Waals surface area contributed by atoms with Crippen LogP contribution in [0.5, 0.6) is 0 Å². The zero-order valence-electron chi connectivity index (χ0n) is 25.8. The molecule has 0 unspecified atom stereocenters. The molecule has 0 spiro atoms. The van der Waals surface area contributed by atoms with Gasteiger partial charge >= 0.3 is 0 Å². The van der Waals surface area contributed by atoms with Gasteiger partial charge in [0.25, 0.3) is 0 Å². The summed E-state index contributed by atoms with van der Waals surface area (Å²) in [6, 6.07) is 9.38. The Hall–Kier alpha value is -4.54. The van der Waals surface area contributed by atoms with Gasteiger partial charge in [-0.15, -0.1) is 0 Å². The lowest BCUT2D eigenvalue weighted by atomic mass is 10.0. The molecule has 9 nitrogen and oxygen atoms in total. The van der Waals surface area contributed by atoms with Crippen molar-refractivity contribution in [3.63, 3.8) is 0 Å². The molecule has 1 saturated carbocycles. The number of benzene rings is 1. The van der Waals surface area contributed by atoms with Crippen molar-refractivity contribution in [1.82, 2.24) is 45.3 Å². The van der Waals surface area contributed by atoms with Gasteiger partial charge in [-0.3, -0.25) is 20.1 Å². The summed E-state index contributed by atoms with van der Waals surface area (Å²) in [6.07, 6.45) is 16.2. The fraction of sp³-hybridized carbons (Fsp3) is 0.343. The zero-order chi connectivity index (χ0) is 30.8. The van der Waals surface area contributed by atoms with Crippen molar-refractivity contribution in [2.75, 3.05) is 27.2 Å². The normalized spacial score (nSPS) is 14.0. The summed E-state index contributed by atoms with van der Waals surface area (Å²) < 4.78 is 14.7. The van der Waals surface area contributed by atoms with Crippen LogP contribution in [0.25, 0.3) is 55.8 Å². The molecule has 0 saturated heterocycles. The van der Waals surface area contributed by atoms with Gasteiger partial charge in [-0.1, -0.05) is 18.9 Å². The highest BCUT2D eigenvalue weighted by molar-refractivity contribution is 5.97. The third-order valence-corrected chi connectivity index (χ3v) is 8.73. The van der Waals surface area contributed by atoms with Gasteiger partial charge in [0, 0.05) is 41.6 Å². The Morgan fingerprint density at radius 1 is 0.911 bits per heavy atom. The Morgan fingerprint density at radius 3 is 2.62 bits per heavy atom. The van der Waals surface area contributed by atoms with E-state index in [0.717, 1.165) is 93.8 Å². The molecule has 0 radical (unpaired) electrons. The number of nitrogens with zero attached hydrogens (tertiary/aromatic N) is 6. The first kappa shape index (κ1) is 29.2. The summed E-state index contributed by atoms with van der Waals surface area (Å²) in [5.41, 5.74) is 8.36. The zero-order valence-corrected chi connectivity index (χ0v) is 25.8. The number of rotatable bonds is 11. The minimum Gasteiger partial charge on any atom is -0.335 e. The van der Waals surface area contributed by atoms with E-state index in [0.29, 0.717) is 11.5 Å². The van der Waals surface area contributed by atoms with Crippen molar-refractivity contribution in [2.45, 2.75) is 45.1 Å². The number of pyridine rings is 3. The maximum atomic E-state index is 14.7. The molecule has 7 rings (SSSR count). The Kier molecular flexibility index (Phi) is 8.32. The van der Waals surface area contributed by atoms with E-state index in [2.05, 4.69) is 41.4 Å². The summed E-state index contributed by atoms with van der Waals surface area (Å²) in [6.45, 7) is 2.79. The van der Waals surface area contributed by atoms with E-state index in [9.17, 15) is 4.39 Å². The van der Waals surface area contributed by atoms with E-state index >= 15 is 0 Å².